The van der Waals surface area contributed by atoms with E-state index in [2.05, 4.69) is 15.6 Å². The molecule has 0 fully saturated rings. The van der Waals surface area contributed by atoms with Gasteiger partial charge in [-0.25, -0.2) is 0 Å². The van der Waals surface area contributed by atoms with Crippen LogP contribution < -0.4 is 15.4 Å². The highest BCUT2D eigenvalue weighted by Crippen LogP contribution is 2.20. The maximum Gasteiger partial charge on any atom is 0.263 e. The van der Waals surface area contributed by atoms with Crippen LogP contribution in [0.4, 0.5) is 0 Å². The number of rotatable bonds is 8. The van der Waals surface area contributed by atoms with Gasteiger partial charge in [0.2, 0.25) is 5.91 Å². The molecule has 0 aliphatic rings. The average Bonchev–Trinajstić information content (AvgIpc) is 2.65. The summed E-state index contributed by atoms with van der Waals surface area (Å²) in [4.78, 5) is 27.1. The first kappa shape index (κ1) is 20.2. The highest BCUT2D eigenvalue weighted by atomic mass is 16.5. The molecule has 6 nitrogen and oxygen atoms in total. The van der Waals surface area contributed by atoms with Crippen LogP contribution in [-0.2, 0) is 9.59 Å². The minimum atomic E-state index is -1.02. The summed E-state index contributed by atoms with van der Waals surface area (Å²) in [5, 5.41) is 5.38. The van der Waals surface area contributed by atoms with E-state index in [4.69, 9.17) is 4.74 Å². The fourth-order valence-electron chi connectivity index (χ4n) is 2.28. The van der Waals surface area contributed by atoms with E-state index in [9.17, 15) is 9.59 Å². The first-order chi connectivity index (χ1) is 12.9. The van der Waals surface area contributed by atoms with Gasteiger partial charge in [0.15, 0.2) is 5.60 Å². The molecule has 0 aliphatic carbocycles. The summed E-state index contributed by atoms with van der Waals surface area (Å²) in [6.45, 7) is 5.58. The molecule has 1 aromatic carbocycles. The zero-order valence-corrected chi connectivity index (χ0v) is 15.9. The molecule has 142 valence electrons. The van der Waals surface area contributed by atoms with Crippen LogP contribution >= 0.6 is 0 Å². The van der Waals surface area contributed by atoms with E-state index >= 15 is 0 Å². The normalized spacial score (nSPS) is 11.2. The maximum atomic E-state index is 12.3. The molecule has 0 saturated carbocycles. The summed E-state index contributed by atoms with van der Waals surface area (Å²) in [5.41, 5.74) is 1.07. The predicted octanol–water partition coefficient (Wildman–Crippen LogP) is 2.66. The lowest BCUT2D eigenvalue weighted by molar-refractivity contribution is -0.134. The van der Waals surface area contributed by atoms with E-state index in [1.54, 1.807) is 26.2 Å². The molecule has 0 saturated heterocycles. The number of pyridine rings is 1. The van der Waals surface area contributed by atoms with Gasteiger partial charge in [-0.2, -0.15) is 0 Å². The van der Waals surface area contributed by atoms with E-state index in [0.29, 0.717) is 18.8 Å². The van der Waals surface area contributed by atoms with Gasteiger partial charge in [-0.15, -0.1) is 0 Å². The molecular formula is C21H25N3O3. The van der Waals surface area contributed by atoms with Gasteiger partial charge < -0.3 is 15.4 Å². The van der Waals surface area contributed by atoms with Crippen LogP contribution in [0.2, 0.25) is 0 Å². The summed E-state index contributed by atoms with van der Waals surface area (Å²) in [7, 11) is 0. The number of hydrogen-bond acceptors (Lipinski definition) is 4. The van der Waals surface area contributed by atoms with Crippen molar-refractivity contribution >= 4 is 24.0 Å². The Morgan fingerprint density at radius 1 is 0.963 bits per heavy atom. The van der Waals surface area contributed by atoms with Crippen molar-refractivity contribution < 1.29 is 14.3 Å². The molecule has 2 rings (SSSR count). The monoisotopic (exact) mass is 367 g/mol. The molecule has 27 heavy (non-hydrogen) atoms. The van der Waals surface area contributed by atoms with Gasteiger partial charge in [-0.1, -0.05) is 24.3 Å². The average molecular weight is 367 g/mol. The maximum absolute atomic E-state index is 12.3. The Bertz CT molecular complexity index is 784. The predicted molar refractivity (Wildman–Crippen MR) is 106 cm³/mol. The number of amides is 2. The molecule has 0 unspecified atom stereocenters. The zero-order valence-electron chi connectivity index (χ0n) is 15.9. The lowest BCUT2D eigenvalue weighted by atomic mass is 10.1. The number of hydrogen-bond donors (Lipinski definition) is 2. The summed E-state index contributed by atoms with van der Waals surface area (Å²) < 4.78 is 5.83. The Kier molecular flexibility index (Phi) is 7.11. The number of benzene rings is 1. The van der Waals surface area contributed by atoms with Gasteiger partial charge in [-0.05, 0) is 49.2 Å². The molecule has 0 aliphatic heterocycles. The SMILES string of the molecule is CC(=O)NCCNC(=O)C(C)(C)Oc1ccc(/C=C/c2ccncc2)cc1. The van der Waals surface area contributed by atoms with E-state index in [1.807, 2.05) is 48.6 Å². The second kappa shape index (κ2) is 9.52. The number of ether oxygens (including phenoxy) is 1. The van der Waals surface area contributed by atoms with Crippen molar-refractivity contribution in [3.8, 4) is 5.75 Å². The Morgan fingerprint density at radius 3 is 2.11 bits per heavy atom. The first-order valence-corrected chi connectivity index (χ1v) is 8.77. The van der Waals surface area contributed by atoms with E-state index in [0.717, 1.165) is 11.1 Å². The quantitative estimate of drug-likeness (QED) is 0.703. The van der Waals surface area contributed by atoms with Crippen molar-refractivity contribution in [3.63, 3.8) is 0 Å². The lowest BCUT2D eigenvalue weighted by Gasteiger charge is -2.25. The van der Waals surface area contributed by atoms with Crippen molar-refractivity contribution in [1.29, 1.82) is 0 Å². The molecule has 2 N–H and O–H groups in total. The minimum Gasteiger partial charge on any atom is -0.478 e. The smallest absolute Gasteiger partial charge is 0.263 e. The van der Waals surface area contributed by atoms with Crippen LogP contribution in [0.25, 0.3) is 12.2 Å². The third-order valence-electron chi connectivity index (χ3n) is 3.76. The molecule has 2 amide bonds. The number of nitrogens with zero attached hydrogens (tertiary/aromatic N) is 1. The molecule has 1 aromatic heterocycles. The fraction of sp³-hybridized carbons (Fsp3) is 0.286. The molecule has 0 radical (unpaired) electrons. The third kappa shape index (κ3) is 6.93. The van der Waals surface area contributed by atoms with Crippen molar-refractivity contribution in [2.45, 2.75) is 26.4 Å². The Labute approximate surface area is 159 Å². The fourth-order valence-corrected chi connectivity index (χ4v) is 2.28. The van der Waals surface area contributed by atoms with Crippen LogP contribution in [0.3, 0.4) is 0 Å². The largest absolute Gasteiger partial charge is 0.478 e. The van der Waals surface area contributed by atoms with Gasteiger partial charge in [0, 0.05) is 32.4 Å². The van der Waals surface area contributed by atoms with Crippen molar-refractivity contribution in [3.05, 3.63) is 59.9 Å². The van der Waals surface area contributed by atoms with Gasteiger partial charge in [-0.3, -0.25) is 14.6 Å². The van der Waals surface area contributed by atoms with Gasteiger partial charge in [0.25, 0.3) is 5.91 Å². The molecular weight excluding hydrogens is 342 g/mol. The van der Waals surface area contributed by atoms with Crippen LogP contribution in [0, 0.1) is 0 Å². The molecule has 1 heterocycles. The molecule has 0 spiro atoms. The zero-order chi connectivity index (χ0) is 19.7. The van der Waals surface area contributed by atoms with Crippen LogP contribution in [-0.4, -0.2) is 35.5 Å². The Hall–Kier alpha value is -3.15. The van der Waals surface area contributed by atoms with Crippen LogP contribution in [0.15, 0.2) is 48.8 Å². The van der Waals surface area contributed by atoms with Gasteiger partial charge >= 0.3 is 0 Å². The topological polar surface area (TPSA) is 80.3 Å². The summed E-state index contributed by atoms with van der Waals surface area (Å²) >= 11 is 0. The van der Waals surface area contributed by atoms with Crippen LogP contribution in [0.1, 0.15) is 31.9 Å². The first-order valence-electron chi connectivity index (χ1n) is 8.77. The lowest BCUT2D eigenvalue weighted by Crippen LogP contribution is -2.48. The van der Waals surface area contributed by atoms with Gasteiger partial charge in [0.1, 0.15) is 5.75 Å². The number of nitrogens with one attached hydrogen (secondary N) is 2. The number of aromatic nitrogens is 1. The van der Waals surface area contributed by atoms with Crippen molar-refractivity contribution in [2.75, 3.05) is 13.1 Å². The Morgan fingerprint density at radius 2 is 1.52 bits per heavy atom. The summed E-state index contributed by atoms with van der Waals surface area (Å²) in [5.74, 6) is 0.241. The van der Waals surface area contributed by atoms with Gasteiger partial charge in [0.05, 0.1) is 0 Å². The standard InChI is InChI=1S/C21H25N3O3/c1-16(25)23-14-15-24-20(26)21(2,3)27-19-8-6-17(7-9-19)4-5-18-10-12-22-13-11-18/h4-13H,14-15H2,1-3H3,(H,23,25)(H,24,26)/b5-4+. The third-order valence-corrected chi connectivity index (χ3v) is 3.76. The van der Waals surface area contributed by atoms with Crippen molar-refractivity contribution in [2.24, 2.45) is 0 Å². The second-order valence-electron chi connectivity index (χ2n) is 6.53. The summed E-state index contributed by atoms with van der Waals surface area (Å²) in [6.07, 6.45) is 7.50. The highest BCUT2D eigenvalue weighted by Gasteiger charge is 2.29. The number of carbonyl (C=O) groups is 2. The minimum absolute atomic E-state index is 0.127. The second-order valence-corrected chi connectivity index (χ2v) is 6.53. The van der Waals surface area contributed by atoms with E-state index in [-0.39, 0.29) is 11.8 Å². The van der Waals surface area contributed by atoms with E-state index < -0.39 is 5.60 Å². The van der Waals surface area contributed by atoms with Crippen LogP contribution in [0.5, 0.6) is 5.75 Å². The molecule has 0 bridgehead atoms. The highest BCUT2D eigenvalue weighted by molar-refractivity contribution is 5.84. The summed E-state index contributed by atoms with van der Waals surface area (Å²) in [6, 6.07) is 11.4. The number of carbonyl (C=O) groups excluding carboxylic acids is 2. The van der Waals surface area contributed by atoms with E-state index in [1.165, 1.54) is 6.92 Å². The molecule has 0 atom stereocenters. The Balaban J connectivity index is 1.89. The van der Waals surface area contributed by atoms with Crippen molar-refractivity contribution in [1.82, 2.24) is 15.6 Å². The molecule has 6 heteroatoms. The molecule has 2 aromatic rings.